The predicted octanol–water partition coefficient (Wildman–Crippen LogP) is 3.51. The number of benzene rings is 1. The number of H-pyrrole nitrogens is 1. The Morgan fingerprint density at radius 1 is 1.11 bits per heavy atom. The minimum Gasteiger partial charge on any atom is -0.490 e. The van der Waals surface area contributed by atoms with Gasteiger partial charge in [0.2, 0.25) is 11.8 Å². The van der Waals surface area contributed by atoms with Crippen LogP contribution in [0.15, 0.2) is 18.2 Å². The van der Waals surface area contributed by atoms with Crippen molar-refractivity contribution in [3.8, 4) is 11.8 Å². The average molecular weight is 504 g/mol. The fraction of sp³-hybridized carbons (Fsp3) is 0.621. The highest BCUT2D eigenvalue weighted by Crippen LogP contribution is 2.39. The molecule has 4 aliphatic rings. The first-order chi connectivity index (χ1) is 18.1. The van der Waals surface area contributed by atoms with Crippen molar-refractivity contribution in [2.45, 2.75) is 69.9 Å². The number of hydrogen-bond acceptors (Lipinski definition) is 5. The van der Waals surface area contributed by atoms with Crippen LogP contribution in [0.4, 0.5) is 0 Å². The average Bonchev–Trinajstić information content (AvgIpc) is 3.32. The Morgan fingerprint density at radius 2 is 1.89 bits per heavy atom. The van der Waals surface area contributed by atoms with Gasteiger partial charge in [0, 0.05) is 54.5 Å². The van der Waals surface area contributed by atoms with E-state index in [0.717, 1.165) is 67.5 Å². The Bertz CT molecular complexity index is 1220. The number of carbonyl (C=O) groups excluding carboxylic acids is 2. The Hall–Kier alpha value is -3.05. The van der Waals surface area contributed by atoms with Gasteiger partial charge in [0.05, 0.1) is 11.6 Å². The summed E-state index contributed by atoms with van der Waals surface area (Å²) < 4.78 is 6.20. The molecule has 8 heteroatoms. The Kier molecular flexibility index (Phi) is 6.58. The molecule has 2 atom stereocenters. The summed E-state index contributed by atoms with van der Waals surface area (Å²) >= 11 is 0. The number of fused-ring (bicyclic) bond motifs is 3. The second-order valence-corrected chi connectivity index (χ2v) is 11.3. The van der Waals surface area contributed by atoms with Gasteiger partial charge in [0.15, 0.2) is 0 Å². The van der Waals surface area contributed by atoms with Gasteiger partial charge in [-0.05, 0) is 57.7 Å². The molecule has 2 saturated carbocycles. The number of aromatic nitrogens is 1. The third-order valence-corrected chi connectivity index (χ3v) is 8.89. The summed E-state index contributed by atoms with van der Waals surface area (Å²) in [6, 6.07) is 8.41. The third-order valence-electron chi connectivity index (χ3n) is 8.89. The zero-order valence-corrected chi connectivity index (χ0v) is 21.6. The smallest absolute Gasteiger partial charge is 0.226 e. The number of aromatic amines is 1. The van der Waals surface area contributed by atoms with E-state index >= 15 is 0 Å². The molecule has 2 N–H and O–H groups in total. The minimum atomic E-state index is -0.694. The SMILES string of the molecule is N#CC1(NC(=O)[C@@H]2CCCCC2C(=O)N2CCc3[nH]c4c(OCCN5CCCC5)cccc4c3C2)CC1. The predicted molar refractivity (Wildman–Crippen MR) is 140 cm³/mol. The van der Waals surface area contributed by atoms with Crippen LogP contribution in [0.1, 0.15) is 62.6 Å². The summed E-state index contributed by atoms with van der Waals surface area (Å²) in [6.45, 7) is 5.15. The molecule has 1 unspecified atom stereocenters. The van der Waals surface area contributed by atoms with Gasteiger partial charge in [0.1, 0.15) is 17.9 Å². The number of hydrogen-bond donors (Lipinski definition) is 2. The molecule has 2 aliphatic heterocycles. The van der Waals surface area contributed by atoms with E-state index in [1.165, 1.54) is 18.5 Å². The molecular weight excluding hydrogens is 466 g/mol. The van der Waals surface area contributed by atoms with E-state index in [9.17, 15) is 14.9 Å². The molecule has 3 fully saturated rings. The van der Waals surface area contributed by atoms with Crippen molar-refractivity contribution < 1.29 is 14.3 Å². The molecule has 1 aromatic heterocycles. The van der Waals surface area contributed by atoms with Gasteiger partial charge in [-0.1, -0.05) is 25.0 Å². The molecule has 0 bridgehead atoms. The lowest BCUT2D eigenvalue weighted by atomic mass is 9.77. The maximum Gasteiger partial charge on any atom is 0.226 e. The van der Waals surface area contributed by atoms with Crippen molar-refractivity contribution in [3.05, 3.63) is 29.5 Å². The number of amides is 2. The van der Waals surface area contributed by atoms with Crippen molar-refractivity contribution in [1.82, 2.24) is 20.1 Å². The van der Waals surface area contributed by atoms with Gasteiger partial charge in [0.25, 0.3) is 0 Å². The summed E-state index contributed by atoms with van der Waals surface area (Å²) in [5, 5.41) is 13.5. The van der Waals surface area contributed by atoms with E-state index in [2.05, 4.69) is 27.3 Å². The molecule has 2 aliphatic carbocycles. The molecular formula is C29H37N5O3. The molecule has 8 nitrogen and oxygen atoms in total. The van der Waals surface area contributed by atoms with Gasteiger partial charge >= 0.3 is 0 Å². The molecule has 37 heavy (non-hydrogen) atoms. The normalized spacial score (nSPS) is 24.9. The van der Waals surface area contributed by atoms with Crippen LogP contribution in [0.25, 0.3) is 10.9 Å². The fourth-order valence-electron chi connectivity index (χ4n) is 6.50. The third kappa shape index (κ3) is 4.82. The van der Waals surface area contributed by atoms with E-state index < -0.39 is 5.54 Å². The number of para-hydroxylation sites is 1. The highest BCUT2D eigenvalue weighted by atomic mass is 16.5. The molecule has 2 amide bonds. The summed E-state index contributed by atoms with van der Waals surface area (Å²) in [7, 11) is 0. The van der Waals surface area contributed by atoms with Crippen molar-refractivity contribution in [1.29, 1.82) is 5.26 Å². The van der Waals surface area contributed by atoms with Crippen LogP contribution in [-0.4, -0.2) is 64.9 Å². The molecule has 3 heterocycles. The lowest BCUT2D eigenvalue weighted by Gasteiger charge is -2.36. The zero-order chi connectivity index (χ0) is 25.4. The quantitative estimate of drug-likeness (QED) is 0.602. The molecule has 1 aromatic carbocycles. The standard InChI is InChI=1S/C29H37N5O3/c30-19-29(11-12-29)32-27(35)21-6-1-2-7-22(21)28(36)34-15-10-24-23(18-34)20-8-5-9-25(26(20)31-24)37-17-16-33-13-3-4-14-33/h5,8-9,21-22,31H,1-4,6-7,10-18H2,(H,32,35)/t21-,22?/m1/s1. The van der Waals surface area contributed by atoms with Crippen LogP contribution < -0.4 is 10.1 Å². The number of nitrogens with one attached hydrogen (secondary N) is 2. The van der Waals surface area contributed by atoms with Gasteiger partial charge in [-0.15, -0.1) is 0 Å². The number of carbonyl (C=O) groups is 2. The summed E-state index contributed by atoms with van der Waals surface area (Å²) in [4.78, 5) is 34.9. The van der Waals surface area contributed by atoms with Crippen molar-refractivity contribution in [2.24, 2.45) is 11.8 Å². The highest BCUT2D eigenvalue weighted by Gasteiger charge is 2.47. The van der Waals surface area contributed by atoms with Crippen LogP contribution in [0.2, 0.25) is 0 Å². The highest BCUT2D eigenvalue weighted by molar-refractivity contribution is 5.92. The van der Waals surface area contributed by atoms with Crippen molar-refractivity contribution in [3.63, 3.8) is 0 Å². The lowest BCUT2D eigenvalue weighted by Crippen LogP contribution is -2.48. The van der Waals surface area contributed by atoms with Gasteiger partial charge in [-0.3, -0.25) is 14.5 Å². The summed E-state index contributed by atoms with van der Waals surface area (Å²) in [6.07, 6.45) is 8.12. The maximum atomic E-state index is 13.8. The number of likely N-dealkylation sites (tertiary alicyclic amines) is 1. The molecule has 2 aromatic rings. The first-order valence-electron chi connectivity index (χ1n) is 14.1. The number of ether oxygens (including phenoxy) is 1. The second kappa shape index (κ2) is 10.0. The largest absolute Gasteiger partial charge is 0.490 e. The minimum absolute atomic E-state index is 0.0830. The van der Waals surface area contributed by atoms with E-state index in [-0.39, 0.29) is 23.7 Å². The number of rotatable bonds is 7. The van der Waals surface area contributed by atoms with Crippen LogP contribution in [0, 0.1) is 23.2 Å². The molecule has 0 radical (unpaired) electrons. The first kappa shape index (κ1) is 24.3. The Balaban J connectivity index is 1.15. The van der Waals surface area contributed by atoms with Crippen LogP contribution in [0.3, 0.4) is 0 Å². The van der Waals surface area contributed by atoms with Gasteiger partial charge < -0.3 is 19.9 Å². The van der Waals surface area contributed by atoms with Crippen LogP contribution in [0.5, 0.6) is 5.75 Å². The molecule has 196 valence electrons. The number of nitrogens with zero attached hydrogens (tertiary/aromatic N) is 3. The van der Waals surface area contributed by atoms with E-state index in [0.29, 0.717) is 39.0 Å². The van der Waals surface area contributed by atoms with Crippen molar-refractivity contribution in [2.75, 3.05) is 32.8 Å². The van der Waals surface area contributed by atoms with Gasteiger partial charge in [-0.2, -0.15) is 5.26 Å². The molecule has 6 rings (SSSR count). The van der Waals surface area contributed by atoms with E-state index in [1.54, 1.807) is 0 Å². The topological polar surface area (TPSA) is 101 Å². The van der Waals surface area contributed by atoms with Crippen LogP contribution >= 0.6 is 0 Å². The van der Waals surface area contributed by atoms with Crippen LogP contribution in [-0.2, 0) is 22.6 Å². The van der Waals surface area contributed by atoms with Crippen molar-refractivity contribution >= 4 is 22.7 Å². The van der Waals surface area contributed by atoms with Gasteiger partial charge in [-0.25, -0.2) is 0 Å². The Labute approximate surface area is 218 Å². The first-order valence-corrected chi connectivity index (χ1v) is 14.1. The summed E-state index contributed by atoms with van der Waals surface area (Å²) in [5.41, 5.74) is 2.67. The second-order valence-electron chi connectivity index (χ2n) is 11.3. The Morgan fingerprint density at radius 3 is 2.65 bits per heavy atom. The lowest BCUT2D eigenvalue weighted by molar-refractivity contribution is -0.144. The van der Waals surface area contributed by atoms with E-state index in [4.69, 9.17) is 4.74 Å². The maximum absolute atomic E-state index is 13.8. The summed E-state index contributed by atoms with van der Waals surface area (Å²) in [5.74, 6) is 0.198. The molecule has 1 saturated heterocycles. The molecule has 0 spiro atoms. The zero-order valence-electron chi connectivity index (χ0n) is 21.6. The monoisotopic (exact) mass is 503 g/mol. The fourth-order valence-corrected chi connectivity index (χ4v) is 6.50. The number of nitriles is 1. The van der Waals surface area contributed by atoms with E-state index in [1.807, 2.05) is 17.0 Å².